The van der Waals surface area contributed by atoms with Crippen LogP contribution in [0, 0.1) is 5.92 Å². The van der Waals surface area contributed by atoms with Gasteiger partial charge in [0.25, 0.3) is 0 Å². The number of hydrogen-bond donors (Lipinski definition) is 1. The van der Waals surface area contributed by atoms with Crippen LogP contribution < -0.4 is 5.32 Å². The molecule has 0 heterocycles. The Hall–Kier alpha value is -0.0400. The lowest BCUT2D eigenvalue weighted by molar-refractivity contribution is 0.343. The Labute approximate surface area is 70.6 Å². The molecule has 0 aromatic rings. The van der Waals surface area contributed by atoms with Crippen molar-refractivity contribution < 1.29 is 0 Å². The summed E-state index contributed by atoms with van der Waals surface area (Å²) in [6.45, 7) is 8.08. The molecule has 0 amide bonds. The highest BCUT2D eigenvalue weighted by atomic mass is 15.0. The molecule has 1 heteroatoms. The average molecular weight is 155 g/mol. The molecule has 0 saturated heterocycles. The lowest BCUT2D eigenvalue weighted by atomic mass is 10.00. The van der Waals surface area contributed by atoms with Crippen molar-refractivity contribution in [2.75, 3.05) is 6.54 Å². The predicted molar refractivity (Wildman–Crippen MR) is 49.7 cm³/mol. The van der Waals surface area contributed by atoms with Crippen molar-refractivity contribution in [1.82, 2.24) is 5.32 Å². The quantitative estimate of drug-likeness (QED) is 0.660. The van der Waals surface area contributed by atoms with Crippen LogP contribution in [-0.2, 0) is 0 Å². The Morgan fingerprint density at radius 1 is 1.27 bits per heavy atom. The van der Waals surface area contributed by atoms with Crippen molar-refractivity contribution in [1.29, 1.82) is 0 Å². The van der Waals surface area contributed by atoms with E-state index in [1.54, 1.807) is 0 Å². The van der Waals surface area contributed by atoms with E-state index in [9.17, 15) is 0 Å². The van der Waals surface area contributed by atoms with Crippen LogP contribution in [0.2, 0.25) is 0 Å². The van der Waals surface area contributed by atoms with E-state index in [1.165, 1.54) is 32.2 Å². The third-order valence-corrected chi connectivity index (χ3v) is 2.64. The molecule has 0 bridgehead atoms. The van der Waals surface area contributed by atoms with Crippen LogP contribution in [0.3, 0.4) is 0 Å². The molecule has 0 aromatic heterocycles. The third-order valence-electron chi connectivity index (χ3n) is 2.64. The molecule has 1 rings (SSSR count). The van der Waals surface area contributed by atoms with Crippen LogP contribution in [0.4, 0.5) is 0 Å². The van der Waals surface area contributed by atoms with Gasteiger partial charge in [-0.3, -0.25) is 0 Å². The Bertz CT molecular complexity index is 112. The van der Waals surface area contributed by atoms with Gasteiger partial charge < -0.3 is 5.32 Å². The lowest BCUT2D eigenvalue weighted by Gasteiger charge is -2.26. The zero-order valence-corrected chi connectivity index (χ0v) is 8.11. The fraction of sp³-hybridized carbons (Fsp3) is 1.00. The maximum atomic E-state index is 3.66. The highest BCUT2D eigenvalue weighted by Crippen LogP contribution is 2.28. The highest BCUT2D eigenvalue weighted by molar-refractivity contribution is 4.87. The van der Waals surface area contributed by atoms with E-state index in [0.717, 1.165) is 5.92 Å². The van der Waals surface area contributed by atoms with Crippen molar-refractivity contribution in [3.05, 3.63) is 0 Å². The fourth-order valence-corrected chi connectivity index (χ4v) is 1.78. The van der Waals surface area contributed by atoms with Crippen LogP contribution in [-0.4, -0.2) is 12.1 Å². The van der Waals surface area contributed by atoms with Crippen LogP contribution in [0.1, 0.15) is 46.5 Å². The van der Waals surface area contributed by atoms with E-state index in [2.05, 4.69) is 26.1 Å². The molecule has 0 atom stereocenters. The molecule has 1 N–H and O–H groups in total. The van der Waals surface area contributed by atoms with Gasteiger partial charge >= 0.3 is 0 Å². The standard InChI is InChI=1S/C10H21N/c1-9(2)8-11-10(3)6-4-5-7-10/h9,11H,4-8H2,1-3H3. The average Bonchev–Trinajstić information content (AvgIpc) is 2.33. The smallest absolute Gasteiger partial charge is 0.0153 e. The minimum atomic E-state index is 0.476. The molecule has 0 unspecified atom stereocenters. The molecule has 1 saturated carbocycles. The maximum absolute atomic E-state index is 3.66. The summed E-state index contributed by atoms with van der Waals surface area (Å²) in [5.74, 6) is 0.785. The number of hydrogen-bond acceptors (Lipinski definition) is 1. The van der Waals surface area contributed by atoms with Crippen molar-refractivity contribution in [2.24, 2.45) is 5.92 Å². The third kappa shape index (κ3) is 2.82. The summed E-state index contributed by atoms with van der Waals surface area (Å²) in [6.07, 6.45) is 5.59. The first-order valence-electron chi connectivity index (χ1n) is 4.87. The minimum Gasteiger partial charge on any atom is -0.311 e. The van der Waals surface area contributed by atoms with E-state index in [4.69, 9.17) is 0 Å². The van der Waals surface area contributed by atoms with Crippen LogP contribution in [0.5, 0.6) is 0 Å². The Kier molecular flexibility index (Phi) is 2.94. The van der Waals surface area contributed by atoms with Crippen LogP contribution >= 0.6 is 0 Å². The summed E-state index contributed by atoms with van der Waals surface area (Å²) in [5.41, 5.74) is 0.476. The molecule has 1 fully saturated rings. The normalized spacial score (nSPS) is 22.9. The first kappa shape index (κ1) is 9.05. The van der Waals surface area contributed by atoms with E-state index >= 15 is 0 Å². The molecule has 0 spiro atoms. The summed E-state index contributed by atoms with van der Waals surface area (Å²) in [4.78, 5) is 0. The van der Waals surface area contributed by atoms with Crippen molar-refractivity contribution >= 4 is 0 Å². The largest absolute Gasteiger partial charge is 0.311 e. The number of rotatable bonds is 3. The van der Waals surface area contributed by atoms with Gasteiger partial charge in [-0.15, -0.1) is 0 Å². The van der Waals surface area contributed by atoms with E-state index < -0.39 is 0 Å². The molecule has 0 radical (unpaired) electrons. The zero-order chi connectivity index (χ0) is 8.32. The first-order chi connectivity index (χ1) is 5.12. The van der Waals surface area contributed by atoms with Crippen molar-refractivity contribution in [2.45, 2.75) is 52.0 Å². The summed E-state index contributed by atoms with van der Waals surface area (Å²) in [6, 6.07) is 0. The van der Waals surface area contributed by atoms with Crippen molar-refractivity contribution in [3.63, 3.8) is 0 Å². The summed E-state index contributed by atoms with van der Waals surface area (Å²) in [7, 11) is 0. The lowest BCUT2D eigenvalue weighted by Crippen LogP contribution is -2.41. The van der Waals surface area contributed by atoms with E-state index in [1.807, 2.05) is 0 Å². The van der Waals surface area contributed by atoms with Gasteiger partial charge in [0.2, 0.25) is 0 Å². The highest BCUT2D eigenvalue weighted by Gasteiger charge is 2.27. The fourth-order valence-electron chi connectivity index (χ4n) is 1.78. The Balaban J connectivity index is 2.23. The van der Waals surface area contributed by atoms with Crippen LogP contribution in [0.15, 0.2) is 0 Å². The minimum absolute atomic E-state index is 0.476. The molecule has 11 heavy (non-hydrogen) atoms. The molecule has 1 aliphatic rings. The molecular weight excluding hydrogens is 134 g/mol. The first-order valence-corrected chi connectivity index (χ1v) is 4.87. The van der Waals surface area contributed by atoms with E-state index in [0.29, 0.717) is 5.54 Å². The van der Waals surface area contributed by atoms with Gasteiger partial charge in [0.15, 0.2) is 0 Å². The molecular formula is C10H21N. The van der Waals surface area contributed by atoms with Crippen LogP contribution in [0.25, 0.3) is 0 Å². The second kappa shape index (κ2) is 3.57. The van der Waals surface area contributed by atoms with Gasteiger partial charge in [-0.2, -0.15) is 0 Å². The van der Waals surface area contributed by atoms with Gasteiger partial charge in [-0.1, -0.05) is 26.7 Å². The summed E-state index contributed by atoms with van der Waals surface area (Å²) < 4.78 is 0. The number of nitrogens with one attached hydrogen (secondary N) is 1. The van der Waals surface area contributed by atoms with Gasteiger partial charge in [0, 0.05) is 5.54 Å². The van der Waals surface area contributed by atoms with Gasteiger partial charge in [-0.25, -0.2) is 0 Å². The Morgan fingerprint density at radius 2 is 1.82 bits per heavy atom. The van der Waals surface area contributed by atoms with Gasteiger partial charge in [0.1, 0.15) is 0 Å². The zero-order valence-electron chi connectivity index (χ0n) is 8.11. The molecule has 0 aliphatic heterocycles. The SMILES string of the molecule is CC(C)CNC1(C)CCCC1. The predicted octanol–water partition coefficient (Wildman–Crippen LogP) is 2.56. The summed E-state index contributed by atoms with van der Waals surface area (Å²) in [5, 5.41) is 3.66. The molecule has 66 valence electrons. The second-order valence-corrected chi connectivity index (χ2v) is 4.54. The topological polar surface area (TPSA) is 12.0 Å². The van der Waals surface area contributed by atoms with Crippen molar-refractivity contribution in [3.8, 4) is 0 Å². The van der Waals surface area contributed by atoms with Gasteiger partial charge in [-0.05, 0) is 32.2 Å². The molecule has 1 nitrogen and oxygen atoms in total. The monoisotopic (exact) mass is 155 g/mol. The van der Waals surface area contributed by atoms with Gasteiger partial charge in [0.05, 0.1) is 0 Å². The summed E-state index contributed by atoms with van der Waals surface area (Å²) >= 11 is 0. The second-order valence-electron chi connectivity index (χ2n) is 4.54. The molecule has 0 aromatic carbocycles. The molecule has 1 aliphatic carbocycles. The van der Waals surface area contributed by atoms with E-state index in [-0.39, 0.29) is 0 Å². The maximum Gasteiger partial charge on any atom is 0.0153 e. The Morgan fingerprint density at radius 3 is 2.27 bits per heavy atom.